The summed E-state index contributed by atoms with van der Waals surface area (Å²) in [5.74, 6) is 5.06. The van der Waals surface area contributed by atoms with E-state index in [4.69, 9.17) is 17.4 Å². The molecule has 0 radical (unpaired) electrons. The predicted molar refractivity (Wildman–Crippen MR) is 49.1 cm³/mol. The first kappa shape index (κ1) is 9.91. The average molecular weight is 202 g/mol. The normalized spacial score (nSPS) is 10.0. The minimum Gasteiger partial charge on any atom is -0.271 e. The molecule has 0 saturated carbocycles. The molecule has 3 N–H and O–H groups in total. The Morgan fingerprint density at radius 1 is 1.62 bits per heavy atom. The van der Waals surface area contributed by atoms with Gasteiger partial charge in [0, 0.05) is 23.2 Å². The first-order valence-corrected chi connectivity index (χ1v) is 3.89. The third-order valence-corrected chi connectivity index (χ3v) is 1.77. The minimum absolute atomic E-state index is 0.0161. The molecule has 5 nitrogen and oxygen atoms in total. The van der Waals surface area contributed by atoms with Crippen LogP contribution in [0, 0.1) is 10.1 Å². The van der Waals surface area contributed by atoms with Gasteiger partial charge in [-0.15, -0.1) is 0 Å². The summed E-state index contributed by atoms with van der Waals surface area (Å²) >= 11 is 5.67. The monoisotopic (exact) mass is 201 g/mol. The van der Waals surface area contributed by atoms with Crippen molar-refractivity contribution in [3.8, 4) is 0 Å². The molecule has 0 aliphatic carbocycles. The van der Waals surface area contributed by atoms with Gasteiger partial charge in [0.15, 0.2) is 0 Å². The lowest BCUT2D eigenvalue weighted by Crippen LogP contribution is -2.21. The Balaban J connectivity index is 3.10. The smallest absolute Gasteiger partial charge is 0.271 e. The molecule has 0 atom stereocenters. The average Bonchev–Trinajstić information content (AvgIpc) is 2.04. The van der Waals surface area contributed by atoms with E-state index in [-0.39, 0.29) is 12.2 Å². The summed E-state index contributed by atoms with van der Waals surface area (Å²) in [6, 6.07) is 4.34. The van der Waals surface area contributed by atoms with Crippen molar-refractivity contribution in [3.63, 3.8) is 0 Å². The fourth-order valence-electron chi connectivity index (χ4n) is 0.984. The van der Waals surface area contributed by atoms with E-state index in [0.717, 1.165) is 0 Å². The van der Waals surface area contributed by atoms with Crippen LogP contribution >= 0.6 is 11.6 Å². The molecule has 1 aromatic carbocycles. The van der Waals surface area contributed by atoms with Crippen LogP contribution in [0.5, 0.6) is 0 Å². The number of nitrogens with zero attached hydrogens (tertiary/aromatic N) is 1. The zero-order valence-corrected chi connectivity index (χ0v) is 7.41. The highest BCUT2D eigenvalue weighted by atomic mass is 35.5. The minimum atomic E-state index is -0.469. The standard InChI is InChI=1S/C7H8ClN3O2/c8-6-1-2-7(11(12)13)5(3-6)4-10-9/h1-3,10H,4,9H2. The maximum absolute atomic E-state index is 10.5. The highest BCUT2D eigenvalue weighted by Crippen LogP contribution is 2.22. The Kier molecular flexibility index (Phi) is 3.18. The van der Waals surface area contributed by atoms with Crippen LogP contribution in [0.1, 0.15) is 5.56 Å². The van der Waals surface area contributed by atoms with Crippen LogP contribution < -0.4 is 11.3 Å². The second-order valence-electron chi connectivity index (χ2n) is 2.41. The zero-order valence-electron chi connectivity index (χ0n) is 6.66. The Morgan fingerprint density at radius 3 is 2.85 bits per heavy atom. The Bertz CT molecular complexity index is 330. The summed E-state index contributed by atoms with van der Waals surface area (Å²) in [5.41, 5.74) is 2.83. The summed E-state index contributed by atoms with van der Waals surface area (Å²) in [4.78, 5) is 10.0. The van der Waals surface area contributed by atoms with E-state index >= 15 is 0 Å². The molecule has 0 fully saturated rings. The van der Waals surface area contributed by atoms with Crippen LogP contribution in [0.3, 0.4) is 0 Å². The lowest BCUT2D eigenvalue weighted by molar-refractivity contribution is -0.385. The molecule has 0 aromatic heterocycles. The van der Waals surface area contributed by atoms with Crippen molar-refractivity contribution in [2.75, 3.05) is 0 Å². The fraction of sp³-hybridized carbons (Fsp3) is 0.143. The van der Waals surface area contributed by atoms with Gasteiger partial charge in [0.1, 0.15) is 0 Å². The number of nitrogens with two attached hydrogens (primary N) is 1. The van der Waals surface area contributed by atoms with Gasteiger partial charge >= 0.3 is 0 Å². The van der Waals surface area contributed by atoms with E-state index in [1.54, 1.807) is 0 Å². The van der Waals surface area contributed by atoms with Gasteiger partial charge in [0.2, 0.25) is 0 Å². The maximum Gasteiger partial charge on any atom is 0.274 e. The topological polar surface area (TPSA) is 81.2 Å². The van der Waals surface area contributed by atoms with Crippen molar-refractivity contribution in [1.29, 1.82) is 0 Å². The Hall–Kier alpha value is -1.17. The summed E-state index contributed by atoms with van der Waals surface area (Å²) in [6.45, 7) is 0.219. The van der Waals surface area contributed by atoms with E-state index < -0.39 is 4.92 Å². The van der Waals surface area contributed by atoms with E-state index in [1.165, 1.54) is 18.2 Å². The summed E-state index contributed by atoms with van der Waals surface area (Å²) in [5, 5.41) is 11.0. The van der Waals surface area contributed by atoms with E-state index in [2.05, 4.69) is 5.43 Å². The predicted octanol–water partition coefficient (Wildman–Crippen LogP) is 1.21. The lowest BCUT2D eigenvalue weighted by Gasteiger charge is -2.01. The van der Waals surface area contributed by atoms with Gasteiger partial charge in [0.25, 0.3) is 5.69 Å². The number of hydrazine groups is 1. The molecule has 0 saturated heterocycles. The lowest BCUT2D eigenvalue weighted by atomic mass is 10.2. The second-order valence-corrected chi connectivity index (χ2v) is 2.85. The molecule has 0 aliphatic rings. The van der Waals surface area contributed by atoms with Crippen molar-refractivity contribution in [3.05, 3.63) is 38.9 Å². The first-order valence-electron chi connectivity index (χ1n) is 3.51. The number of benzene rings is 1. The van der Waals surface area contributed by atoms with Gasteiger partial charge in [-0.05, 0) is 12.1 Å². The summed E-state index contributed by atoms with van der Waals surface area (Å²) < 4.78 is 0. The number of nitro groups is 1. The molecule has 13 heavy (non-hydrogen) atoms. The van der Waals surface area contributed by atoms with Crippen LogP contribution in [0.4, 0.5) is 5.69 Å². The number of halogens is 1. The van der Waals surface area contributed by atoms with Gasteiger partial charge in [-0.1, -0.05) is 11.6 Å². The molecular formula is C7H8ClN3O2. The SMILES string of the molecule is NNCc1cc(Cl)ccc1[N+](=O)[O-]. The molecule has 1 aromatic rings. The van der Waals surface area contributed by atoms with Gasteiger partial charge in [-0.2, -0.15) is 0 Å². The van der Waals surface area contributed by atoms with Crippen LogP contribution in [0.2, 0.25) is 5.02 Å². The maximum atomic E-state index is 10.5. The van der Waals surface area contributed by atoms with Gasteiger partial charge in [0.05, 0.1) is 4.92 Å². The molecular weight excluding hydrogens is 194 g/mol. The summed E-state index contributed by atoms with van der Waals surface area (Å²) in [6.07, 6.45) is 0. The first-order chi connectivity index (χ1) is 6.15. The highest BCUT2D eigenvalue weighted by Gasteiger charge is 2.12. The summed E-state index contributed by atoms with van der Waals surface area (Å²) in [7, 11) is 0. The second kappa shape index (κ2) is 4.18. The van der Waals surface area contributed by atoms with E-state index in [9.17, 15) is 10.1 Å². The molecule has 0 unspecified atom stereocenters. The molecule has 0 heterocycles. The number of hydrogen-bond donors (Lipinski definition) is 2. The van der Waals surface area contributed by atoms with Crippen LogP contribution in [-0.4, -0.2) is 4.92 Å². The largest absolute Gasteiger partial charge is 0.274 e. The van der Waals surface area contributed by atoms with Crippen molar-refractivity contribution < 1.29 is 4.92 Å². The van der Waals surface area contributed by atoms with Crippen LogP contribution in [0.25, 0.3) is 0 Å². The number of nitrogens with one attached hydrogen (secondary N) is 1. The molecule has 1 rings (SSSR count). The van der Waals surface area contributed by atoms with Crippen molar-refractivity contribution in [2.24, 2.45) is 5.84 Å². The quantitative estimate of drug-likeness (QED) is 0.438. The highest BCUT2D eigenvalue weighted by molar-refractivity contribution is 6.30. The third-order valence-electron chi connectivity index (χ3n) is 1.53. The van der Waals surface area contributed by atoms with Crippen LogP contribution in [0.15, 0.2) is 18.2 Å². The Morgan fingerprint density at radius 2 is 2.31 bits per heavy atom. The van der Waals surface area contributed by atoms with Gasteiger partial charge in [-0.3, -0.25) is 21.4 Å². The van der Waals surface area contributed by atoms with E-state index in [1.807, 2.05) is 0 Å². The Labute approximate surface area is 79.6 Å². The van der Waals surface area contributed by atoms with Gasteiger partial charge < -0.3 is 0 Å². The molecule has 0 bridgehead atoms. The molecule has 0 aliphatic heterocycles. The molecule has 0 spiro atoms. The third kappa shape index (κ3) is 2.38. The van der Waals surface area contributed by atoms with Gasteiger partial charge in [-0.25, -0.2) is 0 Å². The molecule has 6 heteroatoms. The number of nitro benzene ring substituents is 1. The zero-order chi connectivity index (χ0) is 9.84. The fourth-order valence-corrected chi connectivity index (χ4v) is 1.18. The van der Waals surface area contributed by atoms with Crippen LogP contribution in [-0.2, 0) is 6.54 Å². The molecule has 0 amide bonds. The van der Waals surface area contributed by atoms with Crippen molar-refractivity contribution in [2.45, 2.75) is 6.54 Å². The number of rotatable bonds is 3. The number of hydrogen-bond acceptors (Lipinski definition) is 4. The van der Waals surface area contributed by atoms with Crippen molar-refractivity contribution in [1.82, 2.24) is 5.43 Å². The van der Waals surface area contributed by atoms with E-state index in [0.29, 0.717) is 10.6 Å². The van der Waals surface area contributed by atoms with Crippen molar-refractivity contribution >= 4 is 17.3 Å². The molecule has 70 valence electrons.